The largest absolute Gasteiger partial charge is 0.506 e. The van der Waals surface area contributed by atoms with E-state index in [9.17, 15) is 19.8 Å². The van der Waals surface area contributed by atoms with Crippen molar-refractivity contribution in [1.82, 2.24) is 19.5 Å². The molecule has 29 heavy (non-hydrogen) atoms. The molecule has 0 aliphatic heterocycles. The van der Waals surface area contributed by atoms with Gasteiger partial charge in [-0.2, -0.15) is 0 Å². The van der Waals surface area contributed by atoms with Crippen LogP contribution in [0.2, 0.25) is 0 Å². The maximum atomic E-state index is 12.3. The average Bonchev–Trinajstić information content (AvgIpc) is 2.95. The molecule has 3 heterocycles. The van der Waals surface area contributed by atoms with Crippen molar-refractivity contribution in [3.8, 4) is 22.9 Å². The van der Waals surface area contributed by atoms with Gasteiger partial charge in [-0.3, -0.25) is 9.78 Å². The quantitative estimate of drug-likeness (QED) is 0.602. The van der Waals surface area contributed by atoms with E-state index < -0.39 is 22.8 Å². The minimum absolute atomic E-state index is 0.226. The monoisotopic (exact) mass is 396 g/mol. The number of carbonyl (C=O) groups is 1. The second-order valence-electron chi connectivity index (χ2n) is 6.73. The first kappa shape index (κ1) is 18.7. The normalized spacial score (nSPS) is 12.7. The Bertz CT molecular complexity index is 1130. The SMILES string of the molecule is CCn1c(COc2ccncc2)nc2c1CCCc1c-2[nH]c(=O)c(C(=O)O)c1O. The van der Waals surface area contributed by atoms with Crippen LogP contribution in [0.3, 0.4) is 0 Å². The van der Waals surface area contributed by atoms with Gasteiger partial charge in [0, 0.05) is 30.2 Å². The van der Waals surface area contributed by atoms with Crippen molar-refractivity contribution in [2.45, 2.75) is 39.3 Å². The summed E-state index contributed by atoms with van der Waals surface area (Å²) in [7, 11) is 0. The van der Waals surface area contributed by atoms with Crippen LogP contribution in [0.4, 0.5) is 0 Å². The number of aromatic carboxylic acids is 1. The van der Waals surface area contributed by atoms with E-state index in [0.29, 0.717) is 54.3 Å². The highest BCUT2D eigenvalue weighted by Gasteiger charge is 2.28. The zero-order valence-electron chi connectivity index (χ0n) is 15.8. The second-order valence-corrected chi connectivity index (χ2v) is 6.73. The lowest BCUT2D eigenvalue weighted by Crippen LogP contribution is -2.20. The number of imidazole rings is 1. The van der Waals surface area contributed by atoms with E-state index in [1.165, 1.54) is 0 Å². The summed E-state index contributed by atoms with van der Waals surface area (Å²) in [5.41, 5.74) is 0.783. The maximum Gasteiger partial charge on any atom is 0.345 e. The van der Waals surface area contributed by atoms with Gasteiger partial charge in [0.2, 0.25) is 0 Å². The molecule has 0 amide bonds. The van der Waals surface area contributed by atoms with Gasteiger partial charge in [0.1, 0.15) is 29.6 Å². The van der Waals surface area contributed by atoms with Gasteiger partial charge in [-0.1, -0.05) is 0 Å². The average molecular weight is 396 g/mol. The molecule has 0 spiro atoms. The van der Waals surface area contributed by atoms with Crippen molar-refractivity contribution in [1.29, 1.82) is 0 Å². The Kier molecular flexibility index (Phi) is 4.79. The molecular formula is C20H20N4O5. The lowest BCUT2D eigenvalue weighted by atomic mass is 10.0. The van der Waals surface area contributed by atoms with Crippen molar-refractivity contribution in [2.24, 2.45) is 0 Å². The van der Waals surface area contributed by atoms with E-state index in [-0.39, 0.29) is 6.61 Å². The zero-order chi connectivity index (χ0) is 20.5. The number of H-pyrrole nitrogens is 1. The molecule has 0 radical (unpaired) electrons. The molecule has 1 aliphatic rings. The predicted molar refractivity (Wildman–Crippen MR) is 103 cm³/mol. The van der Waals surface area contributed by atoms with Gasteiger partial charge in [0.05, 0.1) is 5.69 Å². The van der Waals surface area contributed by atoms with Crippen molar-refractivity contribution < 1.29 is 19.7 Å². The van der Waals surface area contributed by atoms with E-state index in [1.807, 2.05) is 11.5 Å². The second kappa shape index (κ2) is 7.42. The molecule has 1 aliphatic carbocycles. The number of pyridine rings is 2. The highest BCUT2D eigenvalue weighted by atomic mass is 16.5. The lowest BCUT2D eigenvalue weighted by molar-refractivity contribution is 0.0691. The fourth-order valence-corrected chi connectivity index (χ4v) is 3.76. The molecule has 3 aromatic heterocycles. The molecule has 150 valence electrons. The third kappa shape index (κ3) is 3.24. The molecule has 0 bridgehead atoms. The minimum Gasteiger partial charge on any atom is -0.506 e. The first-order chi connectivity index (χ1) is 14.0. The summed E-state index contributed by atoms with van der Waals surface area (Å²) in [5, 5.41) is 19.7. The van der Waals surface area contributed by atoms with Crippen LogP contribution in [-0.4, -0.2) is 35.7 Å². The van der Waals surface area contributed by atoms with Crippen LogP contribution >= 0.6 is 0 Å². The smallest absolute Gasteiger partial charge is 0.345 e. The van der Waals surface area contributed by atoms with Gasteiger partial charge < -0.3 is 24.5 Å². The minimum atomic E-state index is -1.46. The van der Waals surface area contributed by atoms with Crippen LogP contribution in [0, 0.1) is 0 Å². The number of hydrogen-bond acceptors (Lipinski definition) is 6. The Morgan fingerprint density at radius 3 is 2.76 bits per heavy atom. The van der Waals surface area contributed by atoms with Crippen molar-refractivity contribution in [3.05, 3.63) is 57.5 Å². The number of carboxylic acids is 1. The van der Waals surface area contributed by atoms with E-state index in [1.54, 1.807) is 24.5 Å². The zero-order valence-corrected chi connectivity index (χ0v) is 15.8. The van der Waals surface area contributed by atoms with Gasteiger partial charge in [-0.05, 0) is 38.3 Å². The molecule has 0 fully saturated rings. The Morgan fingerprint density at radius 2 is 2.07 bits per heavy atom. The summed E-state index contributed by atoms with van der Waals surface area (Å²) in [6, 6.07) is 3.50. The Labute approximate surface area is 165 Å². The summed E-state index contributed by atoms with van der Waals surface area (Å²) in [6.07, 6.45) is 5.10. The van der Waals surface area contributed by atoms with E-state index in [2.05, 4.69) is 15.0 Å². The van der Waals surface area contributed by atoms with Gasteiger partial charge in [-0.15, -0.1) is 0 Å². The first-order valence-corrected chi connectivity index (χ1v) is 9.34. The summed E-state index contributed by atoms with van der Waals surface area (Å²) in [6.45, 7) is 2.89. The molecule has 0 saturated heterocycles. The van der Waals surface area contributed by atoms with Crippen molar-refractivity contribution in [2.75, 3.05) is 0 Å². The van der Waals surface area contributed by atoms with Crippen molar-refractivity contribution in [3.63, 3.8) is 0 Å². The highest BCUT2D eigenvalue weighted by molar-refractivity contribution is 5.92. The number of aromatic hydroxyl groups is 1. The summed E-state index contributed by atoms with van der Waals surface area (Å²) < 4.78 is 7.84. The summed E-state index contributed by atoms with van der Waals surface area (Å²) in [4.78, 5) is 34.9. The molecule has 3 aromatic rings. The van der Waals surface area contributed by atoms with E-state index >= 15 is 0 Å². The van der Waals surface area contributed by atoms with Gasteiger partial charge >= 0.3 is 5.97 Å². The fourth-order valence-electron chi connectivity index (χ4n) is 3.76. The predicted octanol–water partition coefficient (Wildman–Crippen LogP) is 2.12. The summed E-state index contributed by atoms with van der Waals surface area (Å²) >= 11 is 0. The first-order valence-electron chi connectivity index (χ1n) is 9.34. The third-order valence-corrected chi connectivity index (χ3v) is 5.07. The molecule has 0 unspecified atom stereocenters. The van der Waals surface area contributed by atoms with Crippen LogP contribution in [-0.2, 0) is 26.0 Å². The van der Waals surface area contributed by atoms with Gasteiger partial charge in [-0.25, -0.2) is 9.78 Å². The molecule has 0 saturated carbocycles. The molecule has 9 heteroatoms. The Morgan fingerprint density at radius 1 is 1.31 bits per heavy atom. The van der Waals surface area contributed by atoms with Crippen LogP contribution in [0.1, 0.15) is 40.8 Å². The highest BCUT2D eigenvalue weighted by Crippen LogP contribution is 2.36. The van der Waals surface area contributed by atoms with E-state index in [4.69, 9.17) is 4.74 Å². The third-order valence-electron chi connectivity index (χ3n) is 5.07. The topological polar surface area (TPSA) is 130 Å². The number of ether oxygens (including phenoxy) is 1. The van der Waals surface area contributed by atoms with Crippen LogP contribution in [0.5, 0.6) is 11.5 Å². The Hall–Kier alpha value is -3.62. The molecule has 4 rings (SSSR count). The number of aromatic nitrogens is 4. The fraction of sp³-hybridized carbons (Fsp3) is 0.300. The number of fused-ring (bicyclic) bond motifs is 3. The molecule has 0 aromatic carbocycles. The van der Waals surface area contributed by atoms with Gasteiger partial charge in [0.15, 0.2) is 5.56 Å². The van der Waals surface area contributed by atoms with Gasteiger partial charge in [0.25, 0.3) is 5.56 Å². The van der Waals surface area contributed by atoms with E-state index in [0.717, 1.165) is 5.69 Å². The standard InChI is InChI=1S/C20H20N4O5/c1-2-24-13-5-3-4-12-16(23-19(26)15(18(12)25)20(27)28)17(13)22-14(24)10-29-11-6-8-21-9-7-11/h6-9H,2-5,10H2,1H3,(H,27,28)(H2,23,25,26). The number of nitrogens with zero attached hydrogens (tertiary/aromatic N) is 3. The lowest BCUT2D eigenvalue weighted by Gasteiger charge is -2.10. The molecular weight excluding hydrogens is 376 g/mol. The number of rotatable bonds is 5. The van der Waals surface area contributed by atoms with Crippen LogP contribution in [0.15, 0.2) is 29.3 Å². The number of hydrogen-bond donors (Lipinski definition) is 3. The molecule has 9 nitrogen and oxygen atoms in total. The number of carboxylic acid groups (broad SMARTS) is 1. The van der Waals surface area contributed by atoms with Crippen LogP contribution in [0.25, 0.3) is 11.4 Å². The number of nitrogens with one attached hydrogen (secondary N) is 1. The number of aromatic amines is 1. The van der Waals surface area contributed by atoms with Crippen molar-refractivity contribution >= 4 is 5.97 Å². The summed E-state index contributed by atoms with van der Waals surface area (Å²) in [5.74, 6) is -0.588. The molecule has 3 N–H and O–H groups in total. The molecule has 0 atom stereocenters. The Balaban J connectivity index is 1.81. The van der Waals surface area contributed by atoms with Crippen LogP contribution < -0.4 is 10.3 Å². The maximum absolute atomic E-state index is 12.3.